The second-order valence-corrected chi connectivity index (χ2v) is 8.44. The first-order valence-electron chi connectivity index (χ1n) is 6.76. The van der Waals surface area contributed by atoms with E-state index in [0.717, 1.165) is 0 Å². The standard InChI is InChI=1S/C16H12Cl2N2O2S/c17-11-4-6-13(7-5-11)23(21,22)15-14(16(15,20)9-19)10-2-1-3-12(18)8-10/h1-8,14-15H,20H2/t14-,15-,16+/m1/s1. The van der Waals surface area contributed by atoms with Crippen LogP contribution in [0.15, 0.2) is 53.4 Å². The molecule has 3 atom stereocenters. The molecule has 2 N–H and O–H groups in total. The Labute approximate surface area is 144 Å². The average molecular weight is 367 g/mol. The number of hydrogen-bond donors (Lipinski definition) is 1. The fourth-order valence-corrected chi connectivity index (χ4v) is 5.37. The quantitative estimate of drug-likeness (QED) is 0.903. The number of sulfone groups is 1. The largest absolute Gasteiger partial charge is 0.312 e. The zero-order chi connectivity index (χ0) is 16.8. The minimum atomic E-state index is -3.76. The Hall–Kier alpha value is -1.58. The molecule has 0 aromatic heterocycles. The Kier molecular flexibility index (Phi) is 3.89. The van der Waals surface area contributed by atoms with Gasteiger partial charge in [0.25, 0.3) is 0 Å². The van der Waals surface area contributed by atoms with E-state index in [1.807, 2.05) is 6.07 Å². The van der Waals surface area contributed by atoms with E-state index in [-0.39, 0.29) is 4.90 Å². The van der Waals surface area contributed by atoms with Gasteiger partial charge in [0, 0.05) is 16.0 Å². The van der Waals surface area contributed by atoms with E-state index in [1.165, 1.54) is 24.3 Å². The maximum absolute atomic E-state index is 12.8. The molecule has 0 saturated heterocycles. The van der Waals surface area contributed by atoms with Gasteiger partial charge in [0.1, 0.15) is 10.8 Å². The Bertz CT molecular complexity index is 906. The molecule has 0 radical (unpaired) electrons. The van der Waals surface area contributed by atoms with Crippen molar-refractivity contribution in [2.24, 2.45) is 5.73 Å². The minimum absolute atomic E-state index is 0.0986. The lowest BCUT2D eigenvalue weighted by Crippen LogP contribution is -2.29. The van der Waals surface area contributed by atoms with Crippen LogP contribution in [-0.2, 0) is 9.84 Å². The van der Waals surface area contributed by atoms with E-state index in [9.17, 15) is 13.7 Å². The molecule has 118 valence electrons. The predicted molar refractivity (Wildman–Crippen MR) is 89.2 cm³/mol. The van der Waals surface area contributed by atoms with Crippen molar-refractivity contribution >= 4 is 33.0 Å². The van der Waals surface area contributed by atoms with Crippen molar-refractivity contribution in [2.75, 3.05) is 0 Å². The first-order chi connectivity index (χ1) is 10.8. The zero-order valence-corrected chi connectivity index (χ0v) is 14.1. The monoisotopic (exact) mass is 366 g/mol. The van der Waals surface area contributed by atoms with Crippen molar-refractivity contribution < 1.29 is 8.42 Å². The van der Waals surface area contributed by atoms with Gasteiger partial charge >= 0.3 is 0 Å². The molecule has 1 aliphatic carbocycles. The van der Waals surface area contributed by atoms with E-state index in [2.05, 4.69) is 0 Å². The van der Waals surface area contributed by atoms with Gasteiger partial charge in [-0.1, -0.05) is 35.3 Å². The summed E-state index contributed by atoms with van der Waals surface area (Å²) in [6.45, 7) is 0. The van der Waals surface area contributed by atoms with Gasteiger partial charge in [0.2, 0.25) is 0 Å². The Morgan fingerprint density at radius 3 is 2.30 bits per heavy atom. The van der Waals surface area contributed by atoms with E-state index in [4.69, 9.17) is 28.9 Å². The molecule has 1 saturated carbocycles. The molecule has 0 spiro atoms. The number of halogens is 2. The molecule has 0 aliphatic heterocycles. The number of benzene rings is 2. The van der Waals surface area contributed by atoms with E-state index in [0.29, 0.717) is 15.6 Å². The maximum Gasteiger partial charge on any atom is 0.184 e. The third-order valence-corrected chi connectivity index (χ3v) is 6.80. The lowest BCUT2D eigenvalue weighted by molar-refractivity contribution is 0.592. The van der Waals surface area contributed by atoms with Crippen LogP contribution in [0.5, 0.6) is 0 Å². The highest BCUT2D eigenvalue weighted by atomic mass is 35.5. The molecular formula is C16H12Cl2N2O2S. The van der Waals surface area contributed by atoms with Gasteiger partial charge in [0.05, 0.1) is 11.0 Å². The van der Waals surface area contributed by atoms with E-state index < -0.39 is 26.5 Å². The van der Waals surface area contributed by atoms with Crippen molar-refractivity contribution in [2.45, 2.75) is 21.6 Å². The molecule has 1 aliphatic rings. The predicted octanol–water partition coefficient (Wildman–Crippen LogP) is 3.15. The lowest BCUT2D eigenvalue weighted by Gasteiger charge is -2.04. The van der Waals surface area contributed by atoms with Gasteiger partial charge in [-0.25, -0.2) is 8.42 Å². The van der Waals surface area contributed by atoms with E-state index in [1.54, 1.807) is 24.3 Å². The Morgan fingerprint density at radius 1 is 1.09 bits per heavy atom. The number of nitrogens with zero attached hydrogens (tertiary/aromatic N) is 1. The van der Waals surface area contributed by atoms with Gasteiger partial charge in [-0.15, -0.1) is 0 Å². The summed E-state index contributed by atoms with van der Waals surface area (Å²) in [7, 11) is -3.76. The second-order valence-electron chi connectivity index (χ2n) is 5.50. The first kappa shape index (κ1) is 16.3. The minimum Gasteiger partial charge on any atom is -0.312 e. The van der Waals surface area contributed by atoms with Crippen molar-refractivity contribution in [1.82, 2.24) is 0 Å². The first-order valence-corrected chi connectivity index (χ1v) is 9.06. The smallest absolute Gasteiger partial charge is 0.184 e. The third-order valence-electron chi connectivity index (χ3n) is 4.06. The molecular weight excluding hydrogens is 355 g/mol. The summed E-state index contributed by atoms with van der Waals surface area (Å²) in [6.07, 6.45) is 0. The summed E-state index contributed by atoms with van der Waals surface area (Å²) in [5.74, 6) is -0.619. The van der Waals surface area contributed by atoms with Crippen LogP contribution >= 0.6 is 23.2 Å². The molecule has 4 nitrogen and oxygen atoms in total. The fourth-order valence-electron chi connectivity index (χ4n) is 2.86. The second kappa shape index (κ2) is 5.50. The number of nitriles is 1. The lowest BCUT2D eigenvalue weighted by atomic mass is 10.1. The molecule has 3 rings (SSSR count). The van der Waals surface area contributed by atoms with Gasteiger partial charge in [-0.05, 0) is 42.0 Å². The molecule has 0 bridgehead atoms. The van der Waals surface area contributed by atoms with Crippen LogP contribution in [0.25, 0.3) is 0 Å². The van der Waals surface area contributed by atoms with Crippen LogP contribution in [-0.4, -0.2) is 19.2 Å². The highest BCUT2D eigenvalue weighted by Crippen LogP contribution is 2.55. The molecule has 0 heterocycles. The number of nitrogens with two attached hydrogens (primary N) is 1. The topological polar surface area (TPSA) is 83.9 Å². The van der Waals surface area contributed by atoms with Crippen molar-refractivity contribution in [3.05, 3.63) is 64.1 Å². The van der Waals surface area contributed by atoms with Crippen LogP contribution in [0, 0.1) is 11.3 Å². The summed E-state index contributed by atoms with van der Waals surface area (Å²) in [5.41, 5.74) is 5.23. The van der Waals surface area contributed by atoms with Crippen LogP contribution in [0.3, 0.4) is 0 Å². The third kappa shape index (κ3) is 2.62. The molecule has 7 heteroatoms. The van der Waals surface area contributed by atoms with Gasteiger partial charge in [-0.2, -0.15) is 5.26 Å². The summed E-state index contributed by atoms with van der Waals surface area (Å²) < 4.78 is 25.7. The molecule has 0 amide bonds. The maximum atomic E-state index is 12.8. The van der Waals surface area contributed by atoms with Crippen LogP contribution < -0.4 is 5.73 Å². The summed E-state index contributed by atoms with van der Waals surface area (Å²) in [6, 6.07) is 14.5. The molecule has 2 aromatic rings. The van der Waals surface area contributed by atoms with Gasteiger partial charge in [0.15, 0.2) is 9.84 Å². The Balaban J connectivity index is 2.05. The molecule has 2 aromatic carbocycles. The highest BCUT2D eigenvalue weighted by molar-refractivity contribution is 7.92. The molecule has 1 fully saturated rings. The molecule has 0 unspecified atom stereocenters. The summed E-state index contributed by atoms with van der Waals surface area (Å²) >= 11 is 11.8. The van der Waals surface area contributed by atoms with Crippen molar-refractivity contribution in [3.63, 3.8) is 0 Å². The van der Waals surface area contributed by atoms with Crippen LogP contribution in [0.1, 0.15) is 11.5 Å². The normalized spacial score (nSPS) is 26.5. The number of hydrogen-bond acceptors (Lipinski definition) is 4. The SMILES string of the molecule is N#C[C@]1(N)[C@H](c2cccc(Cl)c2)[C@H]1S(=O)(=O)c1ccc(Cl)cc1. The fraction of sp³-hybridized carbons (Fsp3) is 0.188. The highest BCUT2D eigenvalue weighted by Gasteiger charge is 2.70. The van der Waals surface area contributed by atoms with Crippen LogP contribution in [0.2, 0.25) is 10.0 Å². The zero-order valence-electron chi connectivity index (χ0n) is 11.8. The number of rotatable bonds is 3. The van der Waals surface area contributed by atoms with Crippen molar-refractivity contribution in [3.8, 4) is 6.07 Å². The van der Waals surface area contributed by atoms with Gasteiger partial charge < -0.3 is 5.73 Å². The average Bonchev–Trinajstić information content (AvgIpc) is 3.15. The van der Waals surface area contributed by atoms with Crippen LogP contribution in [0.4, 0.5) is 0 Å². The van der Waals surface area contributed by atoms with Gasteiger partial charge in [-0.3, -0.25) is 0 Å². The Morgan fingerprint density at radius 2 is 1.74 bits per heavy atom. The summed E-state index contributed by atoms with van der Waals surface area (Å²) in [4.78, 5) is 0.0986. The molecule has 23 heavy (non-hydrogen) atoms. The van der Waals surface area contributed by atoms with Crippen molar-refractivity contribution in [1.29, 1.82) is 5.26 Å². The van der Waals surface area contributed by atoms with E-state index >= 15 is 0 Å². The summed E-state index contributed by atoms with van der Waals surface area (Å²) in [5, 5.41) is 9.29.